The summed E-state index contributed by atoms with van der Waals surface area (Å²) in [5, 5.41) is 0. The maximum Gasteiger partial charge on any atom is 0.134 e. The van der Waals surface area contributed by atoms with Gasteiger partial charge in [-0.25, -0.2) is 17.6 Å². The van der Waals surface area contributed by atoms with Crippen molar-refractivity contribution >= 4 is 0 Å². The molecule has 0 radical (unpaired) electrons. The number of halogens is 4. The third kappa shape index (κ3) is 4.98. The Labute approximate surface area is 187 Å². The topological polar surface area (TPSA) is 0 Å². The summed E-state index contributed by atoms with van der Waals surface area (Å²) in [7, 11) is 0. The largest absolute Gasteiger partial charge is 0.244 e. The van der Waals surface area contributed by atoms with Gasteiger partial charge >= 0.3 is 0 Å². The molecule has 0 nitrogen and oxygen atoms in total. The first-order valence-corrected chi connectivity index (χ1v) is 13.5. The Kier molecular flexibility index (Phi) is 7.95. The molecule has 4 saturated carbocycles. The zero-order chi connectivity index (χ0) is 22.1. The molecular weight excluding hydrogens is 400 g/mol. The van der Waals surface area contributed by atoms with E-state index in [0.717, 1.165) is 83.0 Å². The first-order valence-electron chi connectivity index (χ1n) is 13.5. The van der Waals surface area contributed by atoms with Crippen LogP contribution in [-0.2, 0) is 0 Å². The highest BCUT2D eigenvalue weighted by atomic mass is 19.2. The van der Waals surface area contributed by atoms with Crippen LogP contribution in [0.4, 0.5) is 17.6 Å². The lowest BCUT2D eigenvalue weighted by Gasteiger charge is -2.46. The molecule has 4 fully saturated rings. The Morgan fingerprint density at radius 1 is 0.484 bits per heavy atom. The van der Waals surface area contributed by atoms with Crippen LogP contribution in [0.1, 0.15) is 97.3 Å². The predicted octanol–water partition coefficient (Wildman–Crippen LogP) is 8.43. The van der Waals surface area contributed by atoms with Crippen LogP contribution < -0.4 is 0 Å². The van der Waals surface area contributed by atoms with E-state index in [4.69, 9.17) is 0 Å². The highest BCUT2D eigenvalue weighted by Crippen LogP contribution is 2.50. The summed E-state index contributed by atoms with van der Waals surface area (Å²) < 4.78 is 59.7. The van der Waals surface area contributed by atoms with Gasteiger partial charge in [-0.1, -0.05) is 33.1 Å². The molecule has 0 aromatic rings. The van der Waals surface area contributed by atoms with E-state index >= 15 is 8.78 Å². The average Bonchev–Trinajstić information content (AvgIpc) is 2.78. The van der Waals surface area contributed by atoms with E-state index in [-0.39, 0.29) is 35.5 Å². The molecule has 4 rings (SSSR count). The molecule has 0 heterocycles. The maximum atomic E-state index is 15.3. The van der Waals surface area contributed by atoms with E-state index in [1.807, 2.05) is 6.92 Å². The molecule has 0 aromatic heterocycles. The lowest BCUT2D eigenvalue weighted by atomic mass is 9.61. The molecule has 4 heteroatoms. The first-order chi connectivity index (χ1) is 14.9. The highest BCUT2D eigenvalue weighted by molar-refractivity contribution is 4.97. The molecule has 0 N–H and O–H groups in total. The third-order valence-corrected chi connectivity index (χ3v) is 10.2. The van der Waals surface area contributed by atoms with Crippen molar-refractivity contribution in [1.82, 2.24) is 0 Å². The molecule has 0 aromatic carbocycles. The van der Waals surface area contributed by atoms with Crippen LogP contribution in [0.2, 0.25) is 0 Å². The minimum absolute atomic E-state index is 0.0855. The van der Waals surface area contributed by atoms with Gasteiger partial charge in [0.05, 0.1) is 0 Å². The standard InChI is InChI=1S/C27H44F4/c1-3-17-12-13-21(25(29)24(17)28)19-8-10-20(11-9-19)23-15-14-22(26(30)27(23)31)18-6-4-16(2)5-7-18/h16-27H,3-15H2,1-2H3/t16?,17?,18?,19?,20?,21?,22?,23?,24-,25?,26?,27-/m0/s1. The summed E-state index contributed by atoms with van der Waals surface area (Å²) in [6.07, 6.45) is 6.57. The van der Waals surface area contributed by atoms with Crippen molar-refractivity contribution in [2.45, 2.75) is 122 Å². The average molecular weight is 445 g/mol. The van der Waals surface area contributed by atoms with E-state index in [1.54, 1.807) is 0 Å². The monoisotopic (exact) mass is 444 g/mol. The van der Waals surface area contributed by atoms with Crippen molar-refractivity contribution in [2.75, 3.05) is 0 Å². The summed E-state index contributed by atoms with van der Waals surface area (Å²) in [6.45, 7) is 4.22. The van der Waals surface area contributed by atoms with Gasteiger partial charge in [0, 0.05) is 0 Å². The molecule has 180 valence electrons. The van der Waals surface area contributed by atoms with Gasteiger partial charge in [0.25, 0.3) is 0 Å². The molecule has 31 heavy (non-hydrogen) atoms. The summed E-state index contributed by atoms with van der Waals surface area (Å²) in [5.41, 5.74) is 0. The van der Waals surface area contributed by atoms with Crippen molar-refractivity contribution in [1.29, 1.82) is 0 Å². The Balaban J connectivity index is 1.28. The van der Waals surface area contributed by atoms with Crippen LogP contribution >= 0.6 is 0 Å². The first kappa shape index (κ1) is 23.9. The second-order valence-corrected chi connectivity index (χ2v) is 11.8. The van der Waals surface area contributed by atoms with E-state index < -0.39 is 24.7 Å². The van der Waals surface area contributed by atoms with Crippen LogP contribution in [0.5, 0.6) is 0 Å². The molecule has 0 bridgehead atoms. The van der Waals surface area contributed by atoms with E-state index in [9.17, 15) is 8.78 Å². The van der Waals surface area contributed by atoms with Crippen molar-refractivity contribution < 1.29 is 17.6 Å². The van der Waals surface area contributed by atoms with Crippen LogP contribution in [-0.4, -0.2) is 24.7 Å². The Bertz CT molecular complexity index is 551. The smallest absolute Gasteiger partial charge is 0.134 e. The van der Waals surface area contributed by atoms with Gasteiger partial charge in [0.15, 0.2) is 0 Å². The van der Waals surface area contributed by atoms with Gasteiger partial charge < -0.3 is 0 Å². The third-order valence-electron chi connectivity index (χ3n) is 10.2. The molecule has 0 aliphatic heterocycles. The zero-order valence-electron chi connectivity index (χ0n) is 19.6. The fraction of sp³-hybridized carbons (Fsp3) is 1.00. The molecule has 6 unspecified atom stereocenters. The number of rotatable bonds is 4. The SMILES string of the molecule is CCC1CCC(C2CCC(C3CCC(C4CCC(C)CC4)C(F)[C@H]3F)CC2)C(F)[C@H]1F. The van der Waals surface area contributed by atoms with Gasteiger partial charge in [-0.05, 0) is 112 Å². The number of hydrogen-bond acceptors (Lipinski definition) is 0. The lowest BCUT2D eigenvalue weighted by Crippen LogP contribution is -2.46. The molecule has 4 aliphatic carbocycles. The van der Waals surface area contributed by atoms with Crippen molar-refractivity contribution in [2.24, 2.45) is 47.3 Å². The molecular formula is C27H44F4. The van der Waals surface area contributed by atoms with E-state index in [1.165, 1.54) is 0 Å². The van der Waals surface area contributed by atoms with Gasteiger partial charge in [-0.15, -0.1) is 0 Å². The fourth-order valence-electron chi connectivity index (χ4n) is 8.03. The van der Waals surface area contributed by atoms with Crippen molar-refractivity contribution in [3.05, 3.63) is 0 Å². The zero-order valence-corrected chi connectivity index (χ0v) is 19.6. The Morgan fingerprint density at radius 3 is 1.26 bits per heavy atom. The summed E-state index contributed by atoms with van der Waals surface area (Å²) in [5.74, 6) is 1.01. The quantitative estimate of drug-likeness (QED) is 0.382. The summed E-state index contributed by atoms with van der Waals surface area (Å²) >= 11 is 0. The Hall–Kier alpha value is -0.280. The van der Waals surface area contributed by atoms with Crippen LogP contribution in [0.15, 0.2) is 0 Å². The summed E-state index contributed by atoms with van der Waals surface area (Å²) in [4.78, 5) is 0. The van der Waals surface area contributed by atoms with Crippen molar-refractivity contribution in [3.8, 4) is 0 Å². The van der Waals surface area contributed by atoms with Gasteiger partial charge in [-0.3, -0.25) is 0 Å². The van der Waals surface area contributed by atoms with Gasteiger partial charge in [-0.2, -0.15) is 0 Å². The van der Waals surface area contributed by atoms with E-state index in [2.05, 4.69) is 6.92 Å². The molecule has 4 aliphatic rings. The number of alkyl halides is 4. The van der Waals surface area contributed by atoms with Crippen molar-refractivity contribution in [3.63, 3.8) is 0 Å². The van der Waals surface area contributed by atoms with E-state index in [0.29, 0.717) is 12.3 Å². The van der Waals surface area contributed by atoms with Crippen LogP contribution in [0, 0.1) is 47.3 Å². The lowest BCUT2D eigenvalue weighted by molar-refractivity contribution is -0.0463. The second kappa shape index (κ2) is 10.3. The maximum absolute atomic E-state index is 15.3. The molecule has 8 atom stereocenters. The molecule has 0 spiro atoms. The van der Waals surface area contributed by atoms with Gasteiger partial charge in [0.1, 0.15) is 24.7 Å². The fourth-order valence-corrected chi connectivity index (χ4v) is 8.03. The predicted molar refractivity (Wildman–Crippen MR) is 119 cm³/mol. The van der Waals surface area contributed by atoms with Crippen LogP contribution in [0.3, 0.4) is 0 Å². The highest BCUT2D eigenvalue weighted by Gasteiger charge is 2.48. The Morgan fingerprint density at radius 2 is 0.839 bits per heavy atom. The molecule has 0 amide bonds. The van der Waals surface area contributed by atoms with Crippen LogP contribution in [0.25, 0.3) is 0 Å². The minimum Gasteiger partial charge on any atom is -0.244 e. The summed E-state index contributed by atoms with van der Waals surface area (Å²) in [6, 6.07) is 0. The second-order valence-electron chi connectivity index (χ2n) is 11.8. The normalized spacial score (nSPS) is 52.1. The number of hydrogen-bond donors (Lipinski definition) is 0. The van der Waals surface area contributed by atoms with Gasteiger partial charge in [0.2, 0.25) is 0 Å². The molecule has 0 saturated heterocycles. The minimum atomic E-state index is -1.34.